The zero-order valence-electron chi connectivity index (χ0n) is 24.0. The largest absolute Gasteiger partial charge is 0.438 e. The van der Waals surface area contributed by atoms with Gasteiger partial charge in [0.15, 0.2) is 5.58 Å². The van der Waals surface area contributed by atoms with Gasteiger partial charge in [-0.05, 0) is 105 Å². The summed E-state index contributed by atoms with van der Waals surface area (Å²) in [5.41, 5.74) is 1.62. The Morgan fingerprint density at radius 3 is 2.73 bits per heavy atom. The van der Waals surface area contributed by atoms with E-state index < -0.39 is 12.1 Å². The fourth-order valence-electron chi connectivity index (χ4n) is 10.5. The molecule has 5 saturated carbocycles. The summed E-state index contributed by atoms with van der Waals surface area (Å²) < 4.78 is 5.96. The molecule has 2 amide bonds. The van der Waals surface area contributed by atoms with Gasteiger partial charge in [-0.25, -0.2) is 4.98 Å². The number of carbonyl (C=O) groups is 2. The Hall–Kier alpha value is -2.45. The van der Waals surface area contributed by atoms with Crippen LogP contribution < -0.4 is 10.6 Å². The van der Waals surface area contributed by atoms with Crippen molar-refractivity contribution < 1.29 is 19.1 Å². The lowest BCUT2D eigenvalue weighted by atomic mass is 9.67. The molecule has 8 heteroatoms. The first-order valence-corrected chi connectivity index (χ1v) is 16.3. The molecule has 8 atom stereocenters. The van der Waals surface area contributed by atoms with Crippen LogP contribution in [0.25, 0.3) is 11.1 Å². The van der Waals surface area contributed by atoms with Crippen LogP contribution in [0.1, 0.15) is 82.6 Å². The highest BCUT2D eigenvalue weighted by atomic mass is 16.4. The van der Waals surface area contributed by atoms with Gasteiger partial charge in [0.2, 0.25) is 17.7 Å². The summed E-state index contributed by atoms with van der Waals surface area (Å²) in [7, 11) is 0. The molecule has 2 aliphatic heterocycles. The molecule has 3 unspecified atom stereocenters. The van der Waals surface area contributed by atoms with Crippen LogP contribution in [-0.4, -0.2) is 58.5 Å². The molecule has 1 aromatic heterocycles. The van der Waals surface area contributed by atoms with Crippen molar-refractivity contribution >= 4 is 22.9 Å². The Labute approximate surface area is 242 Å². The van der Waals surface area contributed by atoms with Gasteiger partial charge in [-0.3, -0.25) is 9.59 Å². The maximum Gasteiger partial charge on any atom is 0.225 e. The average Bonchev–Trinajstić information content (AvgIpc) is 3.78. The third kappa shape index (κ3) is 4.60. The van der Waals surface area contributed by atoms with Gasteiger partial charge < -0.3 is 25.1 Å². The number of fused-ring (bicyclic) bond motifs is 2. The molecular weight excluding hydrogens is 516 g/mol. The number of oxazole rings is 1. The fourth-order valence-corrected chi connectivity index (χ4v) is 10.5. The highest BCUT2D eigenvalue weighted by Gasteiger charge is 2.57. The normalized spacial score (nSPS) is 38.6. The fraction of sp³-hybridized carbons (Fsp3) is 0.727. The molecule has 41 heavy (non-hydrogen) atoms. The second-order valence-electron chi connectivity index (χ2n) is 14.6. The van der Waals surface area contributed by atoms with E-state index in [-0.39, 0.29) is 29.2 Å². The second kappa shape index (κ2) is 10.1. The molecular formula is C33H44N4O4. The van der Waals surface area contributed by atoms with Crippen LogP contribution in [0.15, 0.2) is 28.7 Å². The maximum absolute atomic E-state index is 14.1. The van der Waals surface area contributed by atoms with Crippen molar-refractivity contribution in [3.63, 3.8) is 0 Å². The van der Waals surface area contributed by atoms with Crippen LogP contribution in [0.5, 0.6) is 0 Å². The third-order valence-corrected chi connectivity index (χ3v) is 12.2. The molecule has 7 fully saturated rings. The molecule has 2 aromatic rings. The predicted molar refractivity (Wildman–Crippen MR) is 153 cm³/mol. The van der Waals surface area contributed by atoms with E-state index in [4.69, 9.17) is 4.42 Å². The summed E-state index contributed by atoms with van der Waals surface area (Å²) in [6.45, 7) is 2.18. The number of hydrogen-bond donors (Lipinski definition) is 3. The molecule has 2 saturated heterocycles. The Balaban J connectivity index is 1.01. The second-order valence-corrected chi connectivity index (χ2v) is 14.6. The number of aliphatic hydroxyl groups excluding tert-OH is 1. The van der Waals surface area contributed by atoms with Crippen LogP contribution in [-0.2, 0) is 9.59 Å². The number of nitrogens with one attached hydrogen (secondary N) is 2. The molecule has 4 bridgehead atoms. The van der Waals surface area contributed by atoms with E-state index in [2.05, 4.69) is 20.5 Å². The number of amides is 2. The molecule has 3 heterocycles. The number of hydrogen-bond acceptors (Lipinski definition) is 6. The molecule has 9 rings (SSSR count). The molecule has 0 spiro atoms. The van der Waals surface area contributed by atoms with Crippen molar-refractivity contribution in [1.82, 2.24) is 20.5 Å². The number of para-hydroxylation sites is 2. The van der Waals surface area contributed by atoms with E-state index in [1.54, 1.807) is 0 Å². The number of aliphatic hydroxyl groups is 1. The van der Waals surface area contributed by atoms with Crippen molar-refractivity contribution in [3.05, 3.63) is 30.2 Å². The summed E-state index contributed by atoms with van der Waals surface area (Å²) >= 11 is 0. The first-order chi connectivity index (χ1) is 19.9. The van der Waals surface area contributed by atoms with Crippen molar-refractivity contribution in [2.45, 2.75) is 88.8 Å². The first kappa shape index (κ1) is 26.2. The van der Waals surface area contributed by atoms with E-state index in [1.807, 2.05) is 24.3 Å². The van der Waals surface area contributed by atoms with Gasteiger partial charge >= 0.3 is 0 Å². The van der Waals surface area contributed by atoms with Crippen molar-refractivity contribution in [3.8, 4) is 0 Å². The number of likely N-dealkylation sites (tertiary alicyclic amines) is 1. The monoisotopic (exact) mass is 560 g/mol. The van der Waals surface area contributed by atoms with E-state index in [9.17, 15) is 14.7 Å². The van der Waals surface area contributed by atoms with Crippen LogP contribution in [0, 0.1) is 40.9 Å². The summed E-state index contributed by atoms with van der Waals surface area (Å²) in [6.07, 6.45) is 11.2. The number of aromatic nitrogens is 1. The number of carbonyl (C=O) groups excluding carboxylic acids is 2. The quantitative estimate of drug-likeness (QED) is 0.425. The zero-order chi connectivity index (χ0) is 27.7. The molecule has 3 N–H and O–H groups in total. The number of benzene rings is 1. The third-order valence-electron chi connectivity index (χ3n) is 12.2. The molecule has 8 nitrogen and oxygen atoms in total. The Morgan fingerprint density at radius 1 is 1.15 bits per heavy atom. The van der Waals surface area contributed by atoms with E-state index in [0.717, 1.165) is 37.1 Å². The lowest BCUT2D eigenvalue weighted by molar-refractivity contribution is -0.136. The SMILES string of the molecule is O=C1NCC[C@H]1C[C@H](NC[C@@H]1[C@H]2CCC[C@H]2CN1C(=O)CC12CC3CC(C1)C(C3)C2)C(O)c1nc2ccccc2o1. The standard InChI is InChI=1S/C33H44N4O4/c38-29(16-33-13-19-10-22(14-33)23(11-19)15-33)37-18-21-4-3-5-24(21)27(37)17-35-26(12-20-8-9-34-31(20)40)30(39)32-36-25-6-1-2-7-28(25)41-32/h1-2,6-7,19-24,26-27,30,35,39H,3-5,8-18H2,(H,34,40)/t19?,20-,21-,22?,23?,24-,26-,27+,30?,33?/m0/s1. The van der Waals surface area contributed by atoms with Crippen LogP contribution >= 0.6 is 0 Å². The summed E-state index contributed by atoms with van der Waals surface area (Å²) in [5.74, 6) is 4.24. The summed E-state index contributed by atoms with van der Waals surface area (Å²) in [5, 5.41) is 18.2. The van der Waals surface area contributed by atoms with E-state index in [0.29, 0.717) is 48.4 Å². The Kier molecular flexibility index (Phi) is 6.44. The highest BCUT2D eigenvalue weighted by molar-refractivity contribution is 5.80. The van der Waals surface area contributed by atoms with Crippen molar-refractivity contribution in [2.24, 2.45) is 40.9 Å². The minimum Gasteiger partial charge on any atom is -0.438 e. The van der Waals surface area contributed by atoms with Gasteiger partial charge in [-0.15, -0.1) is 0 Å². The van der Waals surface area contributed by atoms with Crippen molar-refractivity contribution in [1.29, 1.82) is 0 Å². The number of rotatable bonds is 9. The smallest absolute Gasteiger partial charge is 0.225 e. The van der Waals surface area contributed by atoms with E-state index in [1.165, 1.54) is 51.4 Å². The molecule has 1 aromatic carbocycles. The molecule has 7 aliphatic rings. The van der Waals surface area contributed by atoms with E-state index >= 15 is 0 Å². The summed E-state index contributed by atoms with van der Waals surface area (Å²) in [4.78, 5) is 33.4. The van der Waals surface area contributed by atoms with Crippen molar-refractivity contribution in [2.75, 3.05) is 19.6 Å². The van der Waals surface area contributed by atoms with Gasteiger partial charge in [-0.2, -0.15) is 0 Å². The maximum atomic E-state index is 14.1. The van der Waals surface area contributed by atoms with Gasteiger partial charge in [0.05, 0.1) is 0 Å². The van der Waals surface area contributed by atoms with Crippen LogP contribution in [0.3, 0.4) is 0 Å². The first-order valence-electron chi connectivity index (χ1n) is 16.3. The zero-order valence-corrected chi connectivity index (χ0v) is 24.0. The topological polar surface area (TPSA) is 108 Å². The lowest BCUT2D eigenvalue weighted by Gasteiger charge is -2.40. The molecule has 220 valence electrons. The van der Waals surface area contributed by atoms with Gasteiger partial charge in [-0.1, -0.05) is 18.6 Å². The van der Waals surface area contributed by atoms with Crippen LogP contribution in [0.4, 0.5) is 0 Å². The highest BCUT2D eigenvalue weighted by Crippen LogP contribution is 2.65. The summed E-state index contributed by atoms with van der Waals surface area (Å²) in [6, 6.07) is 7.28. The Morgan fingerprint density at radius 2 is 1.98 bits per heavy atom. The molecule has 5 aliphatic carbocycles. The minimum absolute atomic E-state index is 0.0507. The van der Waals surface area contributed by atoms with Gasteiger partial charge in [0, 0.05) is 44.1 Å². The average molecular weight is 561 g/mol. The minimum atomic E-state index is -0.982. The van der Waals surface area contributed by atoms with Crippen LogP contribution in [0.2, 0.25) is 0 Å². The Bertz CT molecular complexity index is 1270. The number of nitrogens with zero attached hydrogens (tertiary/aromatic N) is 2. The van der Waals surface area contributed by atoms with Gasteiger partial charge in [0.1, 0.15) is 11.6 Å². The lowest BCUT2D eigenvalue weighted by Crippen LogP contribution is -2.49. The predicted octanol–water partition coefficient (Wildman–Crippen LogP) is 4.19. The molecule has 0 radical (unpaired) electrons. The van der Waals surface area contributed by atoms with Gasteiger partial charge in [0.25, 0.3) is 0 Å².